The summed E-state index contributed by atoms with van der Waals surface area (Å²) in [5.74, 6) is 0.601. The summed E-state index contributed by atoms with van der Waals surface area (Å²) in [4.78, 5) is 35.9. The predicted molar refractivity (Wildman–Crippen MR) is 140 cm³/mol. The lowest BCUT2D eigenvalue weighted by Gasteiger charge is -2.41. The Morgan fingerprint density at radius 2 is 1.75 bits per heavy atom. The first kappa shape index (κ1) is 25.2. The van der Waals surface area contributed by atoms with Crippen LogP contribution in [-0.2, 0) is 5.41 Å². The molecule has 5 N–H and O–H groups in total. The van der Waals surface area contributed by atoms with Crippen molar-refractivity contribution in [3.05, 3.63) is 60.3 Å². The van der Waals surface area contributed by atoms with Crippen molar-refractivity contribution in [1.82, 2.24) is 19.9 Å². The number of carbonyl (C=O) groups excluding carboxylic acids is 1. The number of benzene rings is 1. The highest BCUT2D eigenvalue weighted by atomic mass is 16.3. The van der Waals surface area contributed by atoms with Crippen LogP contribution in [0.3, 0.4) is 0 Å². The molecule has 1 amide bonds. The molecule has 3 aromatic rings. The second-order valence-corrected chi connectivity index (χ2v) is 8.94. The summed E-state index contributed by atoms with van der Waals surface area (Å²) in [5.41, 5.74) is 14.5. The van der Waals surface area contributed by atoms with Gasteiger partial charge in [-0.25, -0.2) is 19.9 Å². The summed E-state index contributed by atoms with van der Waals surface area (Å²) >= 11 is 0. The van der Waals surface area contributed by atoms with E-state index in [1.807, 2.05) is 43.0 Å². The predicted octanol–water partition coefficient (Wildman–Crippen LogP) is 2.73. The van der Waals surface area contributed by atoms with Gasteiger partial charge in [-0.2, -0.15) is 4.99 Å². The Labute approximate surface area is 210 Å². The van der Waals surface area contributed by atoms with Gasteiger partial charge in [-0.15, -0.1) is 0 Å². The third kappa shape index (κ3) is 4.90. The summed E-state index contributed by atoms with van der Waals surface area (Å²) in [6.07, 6.45) is 9.72. The molecule has 1 aromatic carbocycles. The second kappa shape index (κ2) is 10.8. The molecule has 10 heteroatoms. The molecule has 2 aromatic heterocycles. The molecular formula is C26H32N8O2. The number of aliphatic imine (C=N–C) groups is 1. The molecule has 1 atom stereocenters. The van der Waals surface area contributed by atoms with Crippen molar-refractivity contribution in [2.75, 3.05) is 23.8 Å². The van der Waals surface area contributed by atoms with Crippen molar-refractivity contribution < 1.29 is 9.90 Å². The number of aromatic nitrogens is 4. The van der Waals surface area contributed by atoms with Crippen LogP contribution in [0.1, 0.15) is 55.6 Å². The number of aliphatic hydroxyl groups excluding tert-OH is 1. The lowest BCUT2D eigenvalue weighted by Crippen LogP contribution is -2.47. The molecule has 188 valence electrons. The molecule has 36 heavy (non-hydrogen) atoms. The van der Waals surface area contributed by atoms with Crippen LogP contribution in [0.25, 0.3) is 11.1 Å². The molecule has 0 spiro atoms. The molecule has 0 aliphatic heterocycles. The average molecular weight is 489 g/mol. The van der Waals surface area contributed by atoms with E-state index in [2.05, 4.69) is 24.9 Å². The molecule has 0 bridgehead atoms. The van der Waals surface area contributed by atoms with Crippen molar-refractivity contribution in [3.63, 3.8) is 0 Å². The summed E-state index contributed by atoms with van der Waals surface area (Å²) in [7, 11) is 0. The first-order valence-electron chi connectivity index (χ1n) is 12.2. The summed E-state index contributed by atoms with van der Waals surface area (Å²) < 4.78 is 0. The number of anilines is 2. The molecule has 0 radical (unpaired) electrons. The molecule has 1 fully saturated rings. The number of nitrogens with zero attached hydrogens (tertiary/aromatic N) is 6. The highest BCUT2D eigenvalue weighted by Gasteiger charge is 2.43. The number of nitrogen functional groups attached to an aromatic ring is 1. The number of hydrogen-bond acceptors (Lipinski definition) is 8. The Morgan fingerprint density at radius 3 is 2.25 bits per heavy atom. The molecule has 10 nitrogen and oxygen atoms in total. The largest absolute Gasteiger partial charge is 0.394 e. The molecule has 4 rings (SSSR count). The van der Waals surface area contributed by atoms with Crippen molar-refractivity contribution in [3.8, 4) is 11.1 Å². The Balaban J connectivity index is 1.53. The van der Waals surface area contributed by atoms with E-state index in [0.717, 1.165) is 42.4 Å². The zero-order chi connectivity index (χ0) is 25.7. The second-order valence-electron chi connectivity index (χ2n) is 8.94. The molecule has 1 saturated carbocycles. The first-order valence-corrected chi connectivity index (χ1v) is 12.2. The quantitative estimate of drug-likeness (QED) is 0.304. The fraction of sp³-hybridized carbons (Fsp3) is 0.385. The van der Waals surface area contributed by atoms with Crippen molar-refractivity contribution >= 4 is 23.5 Å². The van der Waals surface area contributed by atoms with E-state index >= 15 is 0 Å². The van der Waals surface area contributed by atoms with Crippen LogP contribution in [0.15, 0.2) is 54.0 Å². The number of amidine groups is 1. The molecule has 1 unspecified atom stereocenters. The maximum absolute atomic E-state index is 12.9. The van der Waals surface area contributed by atoms with Crippen molar-refractivity contribution in [2.45, 2.75) is 51.0 Å². The number of likely N-dealkylation sites (N-methyl/N-ethyl adjacent to an activating group) is 1. The summed E-state index contributed by atoms with van der Waals surface area (Å²) in [6, 6.07) is 7.93. The Kier molecular flexibility index (Phi) is 7.54. The molecule has 1 aliphatic carbocycles. The zero-order valence-electron chi connectivity index (χ0n) is 20.6. The van der Waals surface area contributed by atoms with Gasteiger partial charge in [0.05, 0.1) is 30.5 Å². The number of amides is 1. The van der Waals surface area contributed by atoms with Crippen LogP contribution in [0.5, 0.6) is 0 Å². The van der Waals surface area contributed by atoms with Gasteiger partial charge in [0.1, 0.15) is 17.3 Å². The van der Waals surface area contributed by atoms with Crippen molar-refractivity contribution in [1.29, 1.82) is 0 Å². The Hall–Kier alpha value is -3.92. The van der Waals surface area contributed by atoms with Crippen molar-refractivity contribution in [2.24, 2.45) is 10.7 Å². The topological polar surface area (TPSA) is 156 Å². The van der Waals surface area contributed by atoms with Gasteiger partial charge in [0.15, 0.2) is 0 Å². The van der Waals surface area contributed by atoms with Crippen LogP contribution in [0.4, 0.5) is 11.8 Å². The van der Waals surface area contributed by atoms with Gasteiger partial charge in [-0.1, -0.05) is 37.6 Å². The van der Waals surface area contributed by atoms with E-state index in [1.54, 1.807) is 18.6 Å². The van der Waals surface area contributed by atoms with E-state index in [4.69, 9.17) is 11.5 Å². The molecule has 0 saturated heterocycles. The normalized spacial score (nSPS) is 15.7. The highest BCUT2D eigenvalue weighted by molar-refractivity contribution is 6.05. The Bertz CT molecular complexity index is 1200. The van der Waals surface area contributed by atoms with E-state index in [1.165, 1.54) is 6.20 Å². The monoisotopic (exact) mass is 488 g/mol. The van der Waals surface area contributed by atoms with Crippen LogP contribution >= 0.6 is 0 Å². The maximum atomic E-state index is 12.9. The summed E-state index contributed by atoms with van der Waals surface area (Å²) in [5, 5.41) is 9.63. The lowest BCUT2D eigenvalue weighted by atomic mass is 9.63. The first-order chi connectivity index (χ1) is 17.4. The third-order valence-corrected chi connectivity index (χ3v) is 6.98. The number of hydrogen-bond donors (Lipinski definition) is 3. The van der Waals surface area contributed by atoms with Gasteiger partial charge in [0.25, 0.3) is 5.91 Å². The van der Waals surface area contributed by atoms with Crippen LogP contribution in [0.2, 0.25) is 0 Å². The van der Waals surface area contributed by atoms with Gasteiger partial charge in [-0.05, 0) is 37.3 Å². The third-order valence-electron chi connectivity index (χ3n) is 6.98. The fourth-order valence-corrected chi connectivity index (χ4v) is 4.60. The van der Waals surface area contributed by atoms with Gasteiger partial charge >= 0.3 is 0 Å². The number of nitrogens with two attached hydrogens (primary N) is 2. The standard InChI is InChI=1S/C26H32N8O2/c1-3-20(16-35)34(4-2)22-15-29-21(14-30-22)23(36)33-24(27)26(10-5-11-26)19-8-6-17(7-9-19)18-12-31-25(28)32-13-18/h6-9,12-15,20,35H,3-5,10-11,16H2,1-2H3,(H2,27,33,36)(H2,28,31,32). The molecule has 1 aliphatic rings. The van der Waals surface area contributed by atoms with E-state index in [9.17, 15) is 9.90 Å². The Morgan fingerprint density at radius 1 is 1.06 bits per heavy atom. The average Bonchev–Trinajstić information content (AvgIpc) is 2.87. The number of carbonyl (C=O) groups is 1. The maximum Gasteiger partial charge on any atom is 0.298 e. The van der Waals surface area contributed by atoms with E-state index < -0.39 is 11.3 Å². The lowest BCUT2D eigenvalue weighted by molar-refractivity contribution is 0.0996. The van der Waals surface area contributed by atoms with Crippen LogP contribution in [0, 0.1) is 0 Å². The summed E-state index contributed by atoms with van der Waals surface area (Å²) in [6.45, 7) is 4.67. The minimum Gasteiger partial charge on any atom is -0.394 e. The highest BCUT2D eigenvalue weighted by Crippen LogP contribution is 2.44. The fourth-order valence-electron chi connectivity index (χ4n) is 4.60. The minimum atomic E-state index is -0.522. The smallest absolute Gasteiger partial charge is 0.298 e. The molecule has 2 heterocycles. The van der Waals surface area contributed by atoms with Gasteiger partial charge < -0.3 is 21.5 Å². The number of rotatable bonds is 9. The molecular weight excluding hydrogens is 456 g/mol. The van der Waals surface area contributed by atoms with E-state index in [-0.39, 0.29) is 30.1 Å². The van der Waals surface area contributed by atoms with Gasteiger partial charge in [0, 0.05) is 24.5 Å². The minimum absolute atomic E-state index is 0.0182. The SMILES string of the molecule is CCC(CO)N(CC)c1cnc(C(=O)N=C(N)C2(c3ccc(-c4cnc(N)nc4)cc3)CCC2)cn1. The van der Waals surface area contributed by atoms with Crippen LogP contribution in [-0.4, -0.2) is 56.0 Å². The van der Waals surface area contributed by atoms with Crippen LogP contribution < -0.4 is 16.4 Å². The van der Waals surface area contributed by atoms with Gasteiger partial charge in [0.2, 0.25) is 5.95 Å². The zero-order valence-corrected chi connectivity index (χ0v) is 20.6. The van der Waals surface area contributed by atoms with E-state index in [0.29, 0.717) is 12.4 Å². The number of aliphatic hydroxyl groups is 1. The van der Waals surface area contributed by atoms with Gasteiger partial charge in [-0.3, -0.25) is 4.79 Å².